The molecule has 1 aliphatic heterocycles. The monoisotopic (exact) mass is 281 g/mol. The summed E-state index contributed by atoms with van der Waals surface area (Å²) in [7, 11) is 0. The summed E-state index contributed by atoms with van der Waals surface area (Å²) in [6.45, 7) is 2.64. The third-order valence-corrected chi connectivity index (χ3v) is 3.43. The Balaban J connectivity index is 2.39. The Morgan fingerprint density at radius 3 is 2.80 bits per heavy atom. The van der Waals surface area contributed by atoms with Gasteiger partial charge in [-0.1, -0.05) is 6.92 Å². The Kier molecular flexibility index (Phi) is 3.84. The molecule has 2 N–H and O–H groups in total. The van der Waals surface area contributed by atoms with Gasteiger partial charge in [-0.3, -0.25) is 10.1 Å². The van der Waals surface area contributed by atoms with Crippen LogP contribution in [0.3, 0.4) is 0 Å². The molecule has 1 aromatic rings. The highest BCUT2D eigenvalue weighted by atomic mass is 16.6. The Morgan fingerprint density at radius 1 is 1.55 bits per heavy atom. The van der Waals surface area contributed by atoms with Gasteiger partial charge in [0.25, 0.3) is 0 Å². The van der Waals surface area contributed by atoms with E-state index in [1.54, 1.807) is 4.90 Å². The molecule has 0 aliphatic carbocycles. The van der Waals surface area contributed by atoms with Crippen LogP contribution in [0.4, 0.5) is 11.5 Å². The maximum absolute atomic E-state index is 11.0. The van der Waals surface area contributed by atoms with Crippen molar-refractivity contribution in [1.82, 2.24) is 4.98 Å². The summed E-state index contributed by atoms with van der Waals surface area (Å²) in [6.07, 6.45) is 0.0186. The van der Waals surface area contributed by atoms with Crippen molar-refractivity contribution in [2.24, 2.45) is 5.92 Å². The molecule has 2 atom stereocenters. The first-order chi connectivity index (χ1) is 9.40. The lowest BCUT2D eigenvalue weighted by atomic mass is 9.97. The van der Waals surface area contributed by atoms with Gasteiger partial charge in [-0.05, 0) is 18.4 Å². The number of piperidine rings is 1. The fourth-order valence-electron chi connectivity index (χ4n) is 2.26. The number of carbonyl (C=O) groups is 1. The maximum atomic E-state index is 11.0. The van der Waals surface area contributed by atoms with Gasteiger partial charge in [-0.2, -0.15) is 0 Å². The fraction of sp³-hybridized carbons (Fsp3) is 0.500. The summed E-state index contributed by atoms with van der Waals surface area (Å²) in [6, 6.07) is 2.27. The minimum absolute atomic E-state index is 0.0497. The van der Waals surface area contributed by atoms with E-state index in [0.29, 0.717) is 19.5 Å². The number of pyridine rings is 1. The molecule has 0 amide bonds. The molecule has 108 valence electrons. The van der Waals surface area contributed by atoms with E-state index in [0.717, 1.165) is 12.1 Å². The van der Waals surface area contributed by atoms with E-state index in [1.807, 2.05) is 6.92 Å². The number of hydrogen-bond donors (Lipinski definition) is 2. The summed E-state index contributed by atoms with van der Waals surface area (Å²) >= 11 is 0. The zero-order valence-corrected chi connectivity index (χ0v) is 10.9. The van der Waals surface area contributed by atoms with Gasteiger partial charge < -0.3 is 15.1 Å². The molecule has 2 rings (SSSR count). The van der Waals surface area contributed by atoms with Crippen LogP contribution in [0.5, 0.6) is 0 Å². The van der Waals surface area contributed by atoms with Crippen molar-refractivity contribution in [1.29, 1.82) is 0 Å². The summed E-state index contributed by atoms with van der Waals surface area (Å²) < 4.78 is 0. The number of carboxylic acids is 1. The lowest BCUT2D eigenvalue weighted by molar-refractivity contribution is -0.384. The molecule has 0 saturated carbocycles. The van der Waals surface area contributed by atoms with Crippen LogP contribution in [0.25, 0.3) is 0 Å². The molecule has 8 heteroatoms. The average Bonchev–Trinajstić information content (AvgIpc) is 2.41. The maximum Gasteiger partial charge on any atom is 0.354 e. The molecule has 0 bridgehead atoms. The molecule has 1 aromatic heterocycles. The van der Waals surface area contributed by atoms with E-state index in [1.165, 1.54) is 0 Å². The third-order valence-electron chi connectivity index (χ3n) is 3.43. The Bertz CT molecular complexity index is 548. The topological polar surface area (TPSA) is 117 Å². The number of nitro groups is 1. The second kappa shape index (κ2) is 5.41. The van der Waals surface area contributed by atoms with Crippen molar-refractivity contribution in [2.75, 3.05) is 18.0 Å². The largest absolute Gasteiger partial charge is 0.477 e. The van der Waals surface area contributed by atoms with Crippen molar-refractivity contribution >= 4 is 17.5 Å². The molecule has 2 unspecified atom stereocenters. The zero-order valence-electron chi connectivity index (χ0n) is 10.9. The van der Waals surface area contributed by atoms with Gasteiger partial charge in [0.2, 0.25) is 5.82 Å². The molecule has 8 nitrogen and oxygen atoms in total. The van der Waals surface area contributed by atoms with Crippen LogP contribution in [0, 0.1) is 16.0 Å². The van der Waals surface area contributed by atoms with E-state index in [-0.39, 0.29) is 23.1 Å². The molecular formula is C12H15N3O5. The highest BCUT2D eigenvalue weighted by molar-refractivity contribution is 5.86. The zero-order chi connectivity index (χ0) is 14.9. The number of carboxylic acid groups (broad SMARTS) is 1. The van der Waals surface area contributed by atoms with Crippen LogP contribution >= 0.6 is 0 Å². The number of hydrogen-bond acceptors (Lipinski definition) is 6. The lowest BCUT2D eigenvalue weighted by Gasteiger charge is -2.34. The standard InChI is InChI=1S/C12H15N3O5/c1-7-6-14(5-4-10(7)16)11-9(15(19)20)3-2-8(13-11)12(17)18/h2-3,7,10,16H,4-6H2,1H3,(H,17,18). The SMILES string of the molecule is CC1CN(c2nc(C(=O)O)ccc2[N+](=O)[O-])CCC1O. The van der Waals surface area contributed by atoms with Crippen molar-refractivity contribution < 1.29 is 19.9 Å². The minimum Gasteiger partial charge on any atom is -0.477 e. The van der Waals surface area contributed by atoms with Crippen LogP contribution in [-0.4, -0.2) is 45.3 Å². The summed E-state index contributed by atoms with van der Waals surface area (Å²) in [5.74, 6) is -1.24. The predicted molar refractivity (Wildman–Crippen MR) is 69.9 cm³/mol. The summed E-state index contributed by atoms with van der Waals surface area (Å²) in [5.41, 5.74) is -0.456. The van der Waals surface area contributed by atoms with Gasteiger partial charge >= 0.3 is 11.7 Å². The summed E-state index contributed by atoms with van der Waals surface area (Å²) in [4.78, 5) is 26.9. The molecule has 1 aliphatic rings. The number of aliphatic hydroxyl groups is 1. The number of nitrogens with zero attached hydrogens (tertiary/aromatic N) is 3. The van der Waals surface area contributed by atoms with Crippen LogP contribution < -0.4 is 4.90 Å². The Labute approximate surface area is 114 Å². The Morgan fingerprint density at radius 2 is 2.25 bits per heavy atom. The summed E-state index contributed by atoms with van der Waals surface area (Å²) in [5, 5.41) is 29.7. The number of rotatable bonds is 3. The quantitative estimate of drug-likeness (QED) is 0.624. The minimum atomic E-state index is -1.23. The van der Waals surface area contributed by atoms with Gasteiger partial charge in [0.15, 0.2) is 5.69 Å². The van der Waals surface area contributed by atoms with Gasteiger partial charge in [-0.15, -0.1) is 0 Å². The molecular weight excluding hydrogens is 266 g/mol. The first-order valence-corrected chi connectivity index (χ1v) is 6.22. The first-order valence-electron chi connectivity index (χ1n) is 6.22. The fourth-order valence-corrected chi connectivity index (χ4v) is 2.26. The van der Waals surface area contributed by atoms with Crippen LogP contribution in [-0.2, 0) is 0 Å². The molecule has 1 saturated heterocycles. The van der Waals surface area contributed by atoms with Crippen molar-refractivity contribution in [3.63, 3.8) is 0 Å². The highest BCUT2D eigenvalue weighted by Crippen LogP contribution is 2.30. The van der Waals surface area contributed by atoms with Crippen molar-refractivity contribution in [2.45, 2.75) is 19.4 Å². The highest BCUT2D eigenvalue weighted by Gasteiger charge is 2.30. The van der Waals surface area contributed by atoms with Crippen molar-refractivity contribution in [3.05, 3.63) is 27.9 Å². The van der Waals surface area contributed by atoms with Gasteiger partial charge in [0.1, 0.15) is 0 Å². The first kappa shape index (κ1) is 14.2. The third kappa shape index (κ3) is 2.69. The van der Waals surface area contributed by atoms with E-state index >= 15 is 0 Å². The average molecular weight is 281 g/mol. The normalized spacial score (nSPS) is 22.6. The molecule has 0 radical (unpaired) electrons. The number of aromatic carboxylic acids is 1. The van der Waals surface area contributed by atoms with Crippen molar-refractivity contribution in [3.8, 4) is 0 Å². The van der Waals surface area contributed by atoms with Crippen LogP contribution in [0.1, 0.15) is 23.8 Å². The van der Waals surface area contributed by atoms with Crippen LogP contribution in [0.2, 0.25) is 0 Å². The van der Waals surface area contributed by atoms with E-state index < -0.39 is 17.0 Å². The molecule has 2 heterocycles. The molecule has 0 spiro atoms. The van der Waals surface area contributed by atoms with E-state index in [4.69, 9.17) is 5.11 Å². The lowest BCUT2D eigenvalue weighted by Crippen LogP contribution is -2.42. The van der Waals surface area contributed by atoms with E-state index in [9.17, 15) is 20.0 Å². The second-order valence-electron chi connectivity index (χ2n) is 4.88. The number of aliphatic hydroxyl groups excluding tert-OH is 1. The molecule has 20 heavy (non-hydrogen) atoms. The number of aromatic nitrogens is 1. The van der Waals surface area contributed by atoms with Gasteiger partial charge in [0, 0.05) is 19.2 Å². The van der Waals surface area contributed by atoms with Crippen LogP contribution in [0.15, 0.2) is 12.1 Å². The molecule has 1 fully saturated rings. The second-order valence-corrected chi connectivity index (χ2v) is 4.88. The molecule has 0 aromatic carbocycles. The number of anilines is 1. The smallest absolute Gasteiger partial charge is 0.354 e. The Hall–Kier alpha value is -2.22. The predicted octanol–water partition coefficient (Wildman–Crippen LogP) is 0.895. The van der Waals surface area contributed by atoms with Gasteiger partial charge in [-0.25, -0.2) is 9.78 Å². The van der Waals surface area contributed by atoms with Gasteiger partial charge in [0.05, 0.1) is 11.0 Å². The van der Waals surface area contributed by atoms with E-state index in [2.05, 4.69) is 4.98 Å².